The Morgan fingerprint density at radius 2 is 2.24 bits per heavy atom. The normalized spacial score (nSPS) is 20.0. The van der Waals surface area contributed by atoms with Crippen molar-refractivity contribution in [3.63, 3.8) is 0 Å². The fraction of sp³-hybridized carbons (Fsp3) is 0.500. The average Bonchev–Trinajstić information content (AvgIpc) is 2.96. The number of aromatic nitrogens is 3. The minimum Gasteiger partial charge on any atom is -0.381 e. The second-order valence-corrected chi connectivity index (χ2v) is 4.62. The number of rotatable bonds is 2. The SMILES string of the molecule is CN(C)c1ccc2[nH]c(C3CCOC3)nc2n1. The lowest BCUT2D eigenvalue weighted by molar-refractivity contribution is 0.193. The summed E-state index contributed by atoms with van der Waals surface area (Å²) in [5, 5.41) is 0. The van der Waals surface area contributed by atoms with Gasteiger partial charge in [-0.1, -0.05) is 0 Å². The van der Waals surface area contributed by atoms with Gasteiger partial charge in [-0.3, -0.25) is 0 Å². The van der Waals surface area contributed by atoms with Crippen LogP contribution in [0.15, 0.2) is 12.1 Å². The van der Waals surface area contributed by atoms with Crippen LogP contribution in [-0.4, -0.2) is 42.3 Å². The number of H-pyrrole nitrogens is 1. The van der Waals surface area contributed by atoms with E-state index in [0.29, 0.717) is 5.92 Å². The topological polar surface area (TPSA) is 54.0 Å². The Labute approximate surface area is 99.8 Å². The Morgan fingerprint density at radius 1 is 1.35 bits per heavy atom. The van der Waals surface area contributed by atoms with Crippen LogP contribution in [0.2, 0.25) is 0 Å². The summed E-state index contributed by atoms with van der Waals surface area (Å²) in [4.78, 5) is 14.4. The van der Waals surface area contributed by atoms with Crippen molar-refractivity contribution >= 4 is 17.0 Å². The Morgan fingerprint density at radius 3 is 2.94 bits per heavy atom. The molecule has 1 atom stereocenters. The van der Waals surface area contributed by atoms with Gasteiger partial charge in [0.05, 0.1) is 12.1 Å². The van der Waals surface area contributed by atoms with Gasteiger partial charge >= 0.3 is 0 Å². The summed E-state index contributed by atoms with van der Waals surface area (Å²) < 4.78 is 5.38. The predicted molar refractivity (Wildman–Crippen MR) is 66.4 cm³/mol. The number of pyridine rings is 1. The summed E-state index contributed by atoms with van der Waals surface area (Å²) in [7, 11) is 3.96. The first-order valence-electron chi connectivity index (χ1n) is 5.86. The van der Waals surface area contributed by atoms with Crippen molar-refractivity contribution in [2.75, 3.05) is 32.2 Å². The highest BCUT2D eigenvalue weighted by molar-refractivity contribution is 5.73. The van der Waals surface area contributed by atoms with E-state index in [1.165, 1.54) is 0 Å². The van der Waals surface area contributed by atoms with Crippen LogP contribution in [0.3, 0.4) is 0 Å². The van der Waals surface area contributed by atoms with Gasteiger partial charge in [0.15, 0.2) is 5.65 Å². The zero-order valence-corrected chi connectivity index (χ0v) is 10.1. The predicted octanol–water partition coefficient (Wildman–Crippen LogP) is 1.53. The maximum Gasteiger partial charge on any atom is 0.179 e. The fourth-order valence-electron chi connectivity index (χ4n) is 2.09. The first-order valence-corrected chi connectivity index (χ1v) is 5.86. The summed E-state index contributed by atoms with van der Waals surface area (Å²) in [6.07, 6.45) is 1.04. The highest BCUT2D eigenvalue weighted by atomic mass is 16.5. The van der Waals surface area contributed by atoms with Crippen molar-refractivity contribution < 1.29 is 4.74 Å². The third-order valence-electron chi connectivity index (χ3n) is 3.12. The summed E-state index contributed by atoms with van der Waals surface area (Å²) in [5.41, 5.74) is 1.79. The van der Waals surface area contributed by atoms with Crippen LogP contribution in [-0.2, 0) is 4.74 Å². The zero-order chi connectivity index (χ0) is 11.8. The molecule has 1 aliphatic rings. The van der Waals surface area contributed by atoms with Gasteiger partial charge in [-0.15, -0.1) is 0 Å². The van der Waals surface area contributed by atoms with Crippen molar-refractivity contribution in [3.8, 4) is 0 Å². The molecule has 0 aromatic carbocycles. The number of nitrogens with one attached hydrogen (secondary N) is 1. The van der Waals surface area contributed by atoms with Crippen LogP contribution in [0.1, 0.15) is 18.2 Å². The molecule has 0 aliphatic carbocycles. The van der Waals surface area contributed by atoms with E-state index < -0.39 is 0 Å². The third-order valence-corrected chi connectivity index (χ3v) is 3.12. The molecule has 1 unspecified atom stereocenters. The molecule has 0 amide bonds. The molecule has 0 saturated carbocycles. The van der Waals surface area contributed by atoms with Gasteiger partial charge in [0.1, 0.15) is 11.6 Å². The molecule has 1 saturated heterocycles. The summed E-state index contributed by atoms with van der Waals surface area (Å²) in [6.45, 7) is 1.60. The standard InChI is InChI=1S/C12H16N4O/c1-16(2)10-4-3-9-12(14-10)15-11(13-9)8-5-6-17-7-8/h3-4,8H,5-7H2,1-2H3,(H,13,14,15). The molecule has 0 radical (unpaired) electrons. The first-order chi connectivity index (χ1) is 8.24. The molecule has 5 nitrogen and oxygen atoms in total. The lowest BCUT2D eigenvalue weighted by Crippen LogP contribution is -2.10. The minimum absolute atomic E-state index is 0.395. The highest BCUT2D eigenvalue weighted by Gasteiger charge is 2.21. The van der Waals surface area contributed by atoms with E-state index in [0.717, 1.165) is 42.4 Å². The van der Waals surface area contributed by atoms with E-state index in [1.54, 1.807) is 0 Å². The number of hydrogen-bond acceptors (Lipinski definition) is 4. The van der Waals surface area contributed by atoms with E-state index in [-0.39, 0.29) is 0 Å². The van der Waals surface area contributed by atoms with Gasteiger partial charge in [0.2, 0.25) is 0 Å². The van der Waals surface area contributed by atoms with Crippen molar-refractivity contribution in [1.82, 2.24) is 15.0 Å². The van der Waals surface area contributed by atoms with Crippen molar-refractivity contribution in [1.29, 1.82) is 0 Å². The van der Waals surface area contributed by atoms with Crippen LogP contribution >= 0.6 is 0 Å². The third kappa shape index (κ3) is 1.86. The molecule has 90 valence electrons. The minimum atomic E-state index is 0.395. The highest BCUT2D eigenvalue weighted by Crippen LogP contribution is 2.25. The second kappa shape index (κ2) is 4.00. The fourth-order valence-corrected chi connectivity index (χ4v) is 2.09. The molecule has 2 aromatic heterocycles. The van der Waals surface area contributed by atoms with Crippen LogP contribution in [0.5, 0.6) is 0 Å². The number of aromatic amines is 1. The summed E-state index contributed by atoms with van der Waals surface area (Å²) in [5.74, 6) is 2.33. The number of fused-ring (bicyclic) bond motifs is 1. The lowest BCUT2D eigenvalue weighted by Gasteiger charge is -2.09. The van der Waals surface area contributed by atoms with Gasteiger partial charge in [0, 0.05) is 26.6 Å². The molecule has 1 N–H and O–H groups in total. The molecule has 0 bridgehead atoms. The van der Waals surface area contributed by atoms with Crippen molar-refractivity contribution in [2.24, 2.45) is 0 Å². The van der Waals surface area contributed by atoms with Gasteiger partial charge in [-0.2, -0.15) is 0 Å². The molecule has 0 spiro atoms. The molecule has 1 fully saturated rings. The second-order valence-electron chi connectivity index (χ2n) is 4.62. The van der Waals surface area contributed by atoms with Gasteiger partial charge in [0.25, 0.3) is 0 Å². The number of nitrogens with zero attached hydrogens (tertiary/aromatic N) is 3. The van der Waals surface area contributed by atoms with Crippen LogP contribution in [0, 0.1) is 0 Å². The van der Waals surface area contributed by atoms with Gasteiger partial charge in [-0.05, 0) is 18.6 Å². The van der Waals surface area contributed by atoms with E-state index >= 15 is 0 Å². The van der Waals surface area contributed by atoms with E-state index in [9.17, 15) is 0 Å². The van der Waals surface area contributed by atoms with E-state index in [2.05, 4.69) is 15.0 Å². The Bertz CT molecular complexity index is 528. The first kappa shape index (κ1) is 10.5. The van der Waals surface area contributed by atoms with Crippen molar-refractivity contribution in [2.45, 2.75) is 12.3 Å². The number of hydrogen-bond donors (Lipinski definition) is 1. The van der Waals surface area contributed by atoms with Crippen LogP contribution < -0.4 is 4.90 Å². The van der Waals surface area contributed by atoms with Gasteiger partial charge in [-0.25, -0.2) is 9.97 Å². The quantitative estimate of drug-likeness (QED) is 0.853. The molecule has 3 rings (SSSR count). The summed E-state index contributed by atoms with van der Waals surface area (Å²) in [6, 6.07) is 4.03. The average molecular weight is 232 g/mol. The lowest BCUT2D eigenvalue weighted by atomic mass is 10.1. The largest absolute Gasteiger partial charge is 0.381 e. The molecule has 2 aromatic rings. The molecular formula is C12H16N4O. The van der Waals surface area contributed by atoms with E-state index in [4.69, 9.17) is 4.74 Å². The Kier molecular flexibility index (Phi) is 2.48. The van der Waals surface area contributed by atoms with Crippen molar-refractivity contribution in [3.05, 3.63) is 18.0 Å². The van der Waals surface area contributed by atoms with E-state index in [1.807, 2.05) is 31.1 Å². The van der Waals surface area contributed by atoms with Crippen LogP contribution in [0.25, 0.3) is 11.2 Å². The number of ether oxygens (including phenoxy) is 1. The van der Waals surface area contributed by atoms with Gasteiger partial charge < -0.3 is 14.6 Å². The molecule has 17 heavy (non-hydrogen) atoms. The Balaban J connectivity index is 2.00. The molecule has 3 heterocycles. The number of imidazole rings is 1. The maximum atomic E-state index is 5.38. The monoisotopic (exact) mass is 232 g/mol. The Hall–Kier alpha value is -1.62. The summed E-state index contributed by atoms with van der Waals surface area (Å²) >= 11 is 0. The van der Waals surface area contributed by atoms with Crippen LogP contribution in [0.4, 0.5) is 5.82 Å². The molecule has 5 heteroatoms. The molecule has 1 aliphatic heterocycles. The zero-order valence-electron chi connectivity index (χ0n) is 10.1. The molecular weight excluding hydrogens is 216 g/mol. The smallest absolute Gasteiger partial charge is 0.179 e. The number of anilines is 1. The maximum absolute atomic E-state index is 5.38.